The Hall–Kier alpha value is -1.62. The van der Waals surface area contributed by atoms with Gasteiger partial charge in [0.2, 0.25) is 0 Å². The first-order valence-electron chi connectivity index (χ1n) is 5.73. The third kappa shape index (κ3) is 1.84. The van der Waals surface area contributed by atoms with Gasteiger partial charge in [0.1, 0.15) is 6.33 Å². The molecule has 0 aliphatic heterocycles. The molecule has 4 nitrogen and oxygen atoms in total. The molecule has 0 atom stereocenters. The van der Waals surface area contributed by atoms with Crippen molar-refractivity contribution < 1.29 is 0 Å². The second kappa shape index (κ2) is 4.24. The van der Waals surface area contributed by atoms with Crippen LogP contribution in [0.3, 0.4) is 0 Å². The molecule has 0 aliphatic rings. The Morgan fingerprint density at radius 3 is 2.83 bits per heavy atom. The molecular formula is C13H13BrN4. The first-order valence-corrected chi connectivity index (χ1v) is 6.53. The van der Waals surface area contributed by atoms with Crippen molar-refractivity contribution in [3.05, 3.63) is 46.6 Å². The van der Waals surface area contributed by atoms with E-state index in [2.05, 4.69) is 61.9 Å². The summed E-state index contributed by atoms with van der Waals surface area (Å²) in [7, 11) is 1.96. The van der Waals surface area contributed by atoms with Crippen LogP contribution >= 0.6 is 15.9 Å². The van der Waals surface area contributed by atoms with E-state index in [9.17, 15) is 0 Å². The van der Waals surface area contributed by atoms with Crippen LogP contribution in [0.5, 0.6) is 0 Å². The third-order valence-corrected chi connectivity index (χ3v) is 3.67. The van der Waals surface area contributed by atoms with Crippen molar-refractivity contribution in [3.63, 3.8) is 0 Å². The van der Waals surface area contributed by atoms with Gasteiger partial charge in [0, 0.05) is 22.7 Å². The van der Waals surface area contributed by atoms with Gasteiger partial charge in [0.15, 0.2) is 5.82 Å². The molecule has 0 unspecified atom stereocenters. The Kier molecular flexibility index (Phi) is 2.70. The van der Waals surface area contributed by atoms with E-state index in [1.807, 2.05) is 11.6 Å². The van der Waals surface area contributed by atoms with Crippen molar-refractivity contribution in [1.82, 2.24) is 19.3 Å². The normalized spacial score (nSPS) is 11.3. The van der Waals surface area contributed by atoms with Crippen molar-refractivity contribution in [2.24, 2.45) is 7.05 Å². The van der Waals surface area contributed by atoms with Crippen LogP contribution in [-0.4, -0.2) is 19.3 Å². The number of fused-ring (bicyclic) bond motifs is 1. The van der Waals surface area contributed by atoms with Crippen LogP contribution in [0, 0.1) is 6.92 Å². The maximum atomic E-state index is 4.14. The zero-order valence-electron chi connectivity index (χ0n) is 10.3. The second-order valence-electron chi connectivity index (χ2n) is 4.43. The number of benzene rings is 1. The van der Waals surface area contributed by atoms with E-state index < -0.39 is 0 Å². The Bertz CT molecular complexity index is 711. The summed E-state index contributed by atoms with van der Waals surface area (Å²) in [6.45, 7) is 2.85. The van der Waals surface area contributed by atoms with Crippen molar-refractivity contribution in [2.45, 2.75) is 13.5 Å². The minimum atomic E-state index is 0.738. The average Bonchev–Trinajstić information content (AvgIpc) is 2.86. The van der Waals surface area contributed by atoms with E-state index in [0.717, 1.165) is 16.8 Å². The molecule has 1 aromatic carbocycles. The maximum absolute atomic E-state index is 4.14. The fourth-order valence-electron chi connectivity index (χ4n) is 2.17. The molecule has 3 aromatic rings. The Morgan fingerprint density at radius 2 is 2.11 bits per heavy atom. The molecular weight excluding hydrogens is 292 g/mol. The standard InChI is InChI=1S/C13H13BrN4/c1-9-5-10-3-4-11(14)6-12(10)18(9)7-13-16-15-8-17(13)2/h3-6,8H,7H2,1-2H3. The summed E-state index contributed by atoms with van der Waals surface area (Å²) in [6, 6.07) is 8.52. The Labute approximate surface area is 113 Å². The number of halogens is 1. The number of aromatic nitrogens is 4. The summed E-state index contributed by atoms with van der Waals surface area (Å²) in [6.07, 6.45) is 1.73. The highest BCUT2D eigenvalue weighted by atomic mass is 79.9. The van der Waals surface area contributed by atoms with E-state index in [1.54, 1.807) is 6.33 Å². The van der Waals surface area contributed by atoms with Crippen LogP contribution < -0.4 is 0 Å². The highest BCUT2D eigenvalue weighted by Gasteiger charge is 2.09. The topological polar surface area (TPSA) is 35.6 Å². The summed E-state index contributed by atoms with van der Waals surface area (Å²) >= 11 is 3.52. The first kappa shape index (κ1) is 11.5. The van der Waals surface area contributed by atoms with Crippen LogP contribution in [0.1, 0.15) is 11.5 Å². The lowest BCUT2D eigenvalue weighted by Gasteiger charge is -2.07. The lowest BCUT2D eigenvalue weighted by molar-refractivity contribution is 0.702. The summed E-state index contributed by atoms with van der Waals surface area (Å²) in [5.41, 5.74) is 2.44. The molecule has 0 N–H and O–H groups in total. The van der Waals surface area contributed by atoms with E-state index in [-0.39, 0.29) is 0 Å². The fraction of sp³-hybridized carbons (Fsp3) is 0.231. The molecule has 0 aliphatic carbocycles. The Balaban J connectivity index is 2.13. The van der Waals surface area contributed by atoms with Crippen LogP contribution in [0.15, 0.2) is 35.1 Å². The number of hydrogen-bond acceptors (Lipinski definition) is 2. The predicted molar refractivity (Wildman–Crippen MR) is 74.5 cm³/mol. The van der Waals surface area contributed by atoms with Gasteiger partial charge >= 0.3 is 0 Å². The maximum Gasteiger partial charge on any atom is 0.152 e. The van der Waals surface area contributed by atoms with Crippen LogP contribution in [0.4, 0.5) is 0 Å². The third-order valence-electron chi connectivity index (χ3n) is 3.18. The van der Waals surface area contributed by atoms with Gasteiger partial charge in [-0.3, -0.25) is 0 Å². The van der Waals surface area contributed by atoms with E-state index in [4.69, 9.17) is 0 Å². The molecule has 3 rings (SSSR count). The van der Waals surface area contributed by atoms with Gasteiger partial charge in [-0.25, -0.2) is 0 Å². The number of rotatable bonds is 2. The smallest absolute Gasteiger partial charge is 0.152 e. The van der Waals surface area contributed by atoms with Gasteiger partial charge in [0.25, 0.3) is 0 Å². The molecule has 18 heavy (non-hydrogen) atoms. The predicted octanol–water partition coefficient (Wildman–Crippen LogP) is 2.89. The zero-order chi connectivity index (χ0) is 12.7. The SMILES string of the molecule is Cc1cc2ccc(Br)cc2n1Cc1nncn1C. The molecule has 92 valence electrons. The highest BCUT2D eigenvalue weighted by molar-refractivity contribution is 9.10. The molecule has 5 heteroatoms. The zero-order valence-corrected chi connectivity index (χ0v) is 11.8. The molecule has 0 saturated carbocycles. The van der Waals surface area contributed by atoms with E-state index in [1.165, 1.54) is 16.6 Å². The minimum absolute atomic E-state index is 0.738. The summed E-state index contributed by atoms with van der Waals surface area (Å²) in [5.74, 6) is 0.954. The molecule has 0 saturated heterocycles. The van der Waals surface area contributed by atoms with Crippen molar-refractivity contribution in [1.29, 1.82) is 0 Å². The summed E-state index contributed by atoms with van der Waals surface area (Å²) in [5, 5.41) is 9.31. The van der Waals surface area contributed by atoms with Gasteiger partial charge in [-0.2, -0.15) is 0 Å². The largest absolute Gasteiger partial charge is 0.337 e. The van der Waals surface area contributed by atoms with Crippen LogP contribution in [-0.2, 0) is 13.6 Å². The molecule has 0 radical (unpaired) electrons. The van der Waals surface area contributed by atoms with Crippen molar-refractivity contribution >= 4 is 26.8 Å². The van der Waals surface area contributed by atoms with Crippen molar-refractivity contribution in [3.8, 4) is 0 Å². The molecule has 2 aromatic heterocycles. The van der Waals surface area contributed by atoms with Crippen LogP contribution in [0.2, 0.25) is 0 Å². The summed E-state index contributed by atoms with van der Waals surface area (Å²) < 4.78 is 5.29. The van der Waals surface area contributed by atoms with Gasteiger partial charge in [-0.15, -0.1) is 10.2 Å². The van der Waals surface area contributed by atoms with Gasteiger partial charge in [-0.1, -0.05) is 22.0 Å². The average molecular weight is 305 g/mol. The quantitative estimate of drug-likeness (QED) is 0.730. The molecule has 0 fully saturated rings. The number of nitrogens with zero attached hydrogens (tertiary/aromatic N) is 4. The van der Waals surface area contributed by atoms with Gasteiger partial charge in [0.05, 0.1) is 6.54 Å². The molecule has 0 bridgehead atoms. The molecule has 2 heterocycles. The lowest BCUT2D eigenvalue weighted by Crippen LogP contribution is -2.06. The number of aryl methyl sites for hydroxylation is 2. The molecule has 0 amide bonds. The number of hydrogen-bond donors (Lipinski definition) is 0. The van der Waals surface area contributed by atoms with Gasteiger partial charge < -0.3 is 9.13 Å². The van der Waals surface area contributed by atoms with E-state index in [0.29, 0.717) is 0 Å². The lowest BCUT2D eigenvalue weighted by atomic mass is 10.2. The van der Waals surface area contributed by atoms with Crippen LogP contribution in [0.25, 0.3) is 10.9 Å². The second-order valence-corrected chi connectivity index (χ2v) is 5.35. The minimum Gasteiger partial charge on any atom is -0.337 e. The summed E-state index contributed by atoms with van der Waals surface area (Å²) in [4.78, 5) is 0. The van der Waals surface area contributed by atoms with E-state index >= 15 is 0 Å². The van der Waals surface area contributed by atoms with Crippen molar-refractivity contribution in [2.75, 3.05) is 0 Å². The first-order chi connectivity index (χ1) is 8.65. The fourth-order valence-corrected chi connectivity index (χ4v) is 2.52. The Morgan fingerprint density at radius 1 is 1.28 bits per heavy atom. The monoisotopic (exact) mass is 304 g/mol. The van der Waals surface area contributed by atoms with Gasteiger partial charge in [-0.05, 0) is 30.5 Å². The highest BCUT2D eigenvalue weighted by Crippen LogP contribution is 2.24. The molecule has 0 spiro atoms.